The molecule has 19 heavy (non-hydrogen) atoms. The van der Waals surface area contributed by atoms with Gasteiger partial charge in [0.05, 0.1) is 12.1 Å². The fourth-order valence-corrected chi connectivity index (χ4v) is 2.71. The van der Waals surface area contributed by atoms with Gasteiger partial charge in [-0.05, 0) is 25.7 Å². The van der Waals surface area contributed by atoms with Gasteiger partial charge in [0.1, 0.15) is 0 Å². The van der Waals surface area contributed by atoms with Crippen molar-refractivity contribution in [2.45, 2.75) is 58.2 Å². The van der Waals surface area contributed by atoms with Crippen molar-refractivity contribution in [1.82, 2.24) is 15.1 Å². The van der Waals surface area contributed by atoms with Gasteiger partial charge in [-0.2, -0.15) is 5.10 Å². The van der Waals surface area contributed by atoms with Crippen molar-refractivity contribution in [3.8, 4) is 0 Å². The molecule has 1 aromatic rings. The summed E-state index contributed by atoms with van der Waals surface area (Å²) in [7, 11) is 0. The molecule has 1 aliphatic carbocycles. The largest absolute Gasteiger partial charge is 0.481 e. The lowest BCUT2D eigenvalue weighted by atomic mass is 9.86. The molecule has 2 rings (SSSR count). The van der Waals surface area contributed by atoms with Gasteiger partial charge < -0.3 is 10.4 Å². The highest BCUT2D eigenvalue weighted by Crippen LogP contribution is 2.24. The molecule has 2 unspecified atom stereocenters. The monoisotopic (exact) mass is 265 g/mol. The molecule has 1 aromatic heterocycles. The van der Waals surface area contributed by atoms with Gasteiger partial charge in [0.15, 0.2) is 0 Å². The standard InChI is InChI=1S/C14H23N3O2/c1-2-6-17-10-11(9-16-17)8-15-13-5-3-4-12(7-13)14(18)19/h9-10,12-13,15H,2-8H2,1H3,(H,18,19). The highest BCUT2D eigenvalue weighted by Gasteiger charge is 2.26. The van der Waals surface area contributed by atoms with E-state index in [4.69, 9.17) is 5.11 Å². The van der Waals surface area contributed by atoms with Crippen LogP contribution >= 0.6 is 0 Å². The molecule has 2 N–H and O–H groups in total. The Morgan fingerprint density at radius 3 is 3.16 bits per heavy atom. The minimum atomic E-state index is -0.651. The minimum Gasteiger partial charge on any atom is -0.481 e. The second-order valence-electron chi connectivity index (χ2n) is 5.39. The number of carboxylic acid groups (broad SMARTS) is 1. The number of nitrogens with one attached hydrogen (secondary N) is 1. The summed E-state index contributed by atoms with van der Waals surface area (Å²) in [5, 5.41) is 16.8. The second kappa shape index (κ2) is 6.70. The zero-order chi connectivity index (χ0) is 13.7. The van der Waals surface area contributed by atoms with E-state index in [2.05, 4.69) is 23.5 Å². The number of carbonyl (C=O) groups is 1. The number of aliphatic carboxylic acids is 1. The summed E-state index contributed by atoms with van der Waals surface area (Å²) in [4.78, 5) is 11.0. The summed E-state index contributed by atoms with van der Waals surface area (Å²) in [6.07, 6.45) is 8.68. The average molecular weight is 265 g/mol. The Hall–Kier alpha value is -1.36. The first-order valence-corrected chi connectivity index (χ1v) is 7.16. The average Bonchev–Trinajstić information content (AvgIpc) is 2.85. The van der Waals surface area contributed by atoms with E-state index in [1.807, 2.05) is 10.9 Å². The zero-order valence-electron chi connectivity index (χ0n) is 11.5. The van der Waals surface area contributed by atoms with Crippen LogP contribution in [0.1, 0.15) is 44.6 Å². The van der Waals surface area contributed by atoms with Crippen LogP contribution in [0.2, 0.25) is 0 Å². The van der Waals surface area contributed by atoms with E-state index in [0.29, 0.717) is 6.04 Å². The molecule has 2 atom stereocenters. The Morgan fingerprint density at radius 2 is 2.42 bits per heavy atom. The van der Waals surface area contributed by atoms with Crippen LogP contribution in [-0.4, -0.2) is 26.9 Å². The number of nitrogens with zero attached hydrogens (tertiary/aromatic N) is 2. The maximum Gasteiger partial charge on any atom is 0.306 e. The number of aromatic nitrogens is 2. The molecule has 0 radical (unpaired) electrons. The van der Waals surface area contributed by atoms with Crippen molar-refractivity contribution in [2.75, 3.05) is 0 Å². The Kier molecular flexibility index (Phi) is 4.96. The summed E-state index contributed by atoms with van der Waals surface area (Å²) in [5.74, 6) is -0.823. The Labute approximate surface area is 114 Å². The fourth-order valence-electron chi connectivity index (χ4n) is 2.71. The Bertz CT molecular complexity index is 417. The SMILES string of the molecule is CCCn1cc(CNC2CCCC(C(=O)O)C2)cn1. The lowest BCUT2D eigenvalue weighted by Gasteiger charge is -2.27. The maximum absolute atomic E-state index is 11.0. The summed E-state index contributed by atoms with van der Waals surface area (Å²) >= 11 is 0. The maximum atomic E-state index is 11.0. The quantitative estimate of drug-likeness (QED) is 0.826. The topological polar surface area (TPSA) is 67.2 Å². The van der Waals surface area contributed by atoms with Crippen LogP contribution < -0.4 is 5.32 Å². The predicted molar refractivity (Wildman–Crippen MR) is 72.7 cm³/mol. The van der Waals surface area contributed by atoms with E-state index in [1.165, 1.54) is 5.56 Å². The van der Waals surface area contributed by atoms with Gasteiger partial charge in [0, 0.05) is 30.9 Å². The Balaban J connectivity index is 1.79. The van der Waals surface area contributed by atoms with E-state index in [1.54, 1.807) is 0 Å². The second-order valence-corrected chi connectivity index (χ2v) is 5.39. The van der Waals surface area contributed by atoms with Gasteiger partial charge in [-0.1, -0.05) is 13.3 Å². The van der Waals surface area contributed by atoms with Crippen molar-refractivity contribution >= 4 is 5.97 Å². The van der Waals surface area contributed by atoms with Crippen LogP contribution in [0, 0.1) is 5.92 Å². The highest BCUT2D eigenvalue weighted by molar-refractivity contribution is 5.70. The van der Waals surface area contributed by atoms with Gasteiger partial charge in [-0.15, -0.1) is 0 Å². The van der Waals surface area contributed by atoms with Crippen LogP contribution in [-0.2, 0) is 17.9 Å². The first-order chi connectivity index (χ1) is 9.19. The molecule has 5 nitrogen and oxygen atoms in total. The minimum absolute atomic E-state index is 0.172. The van der Waals surface area contributed by atoms with Gasteiger partial charge in [0.2, 0.25) is 0 Å². The lowest BCUT2D eigenvalue weighted by Crippen LogP contribution is -2.35. The lowest BCUT2D eigenvalue weighted by molar-refractivity contribution is -0.143. The highest BCUT2D eigenvalue weighted by atomic mass is 16.4. The first kappa shape index (κ1) is 14.1. The van der Waals surface area contributed by atoms with Gasteiger partial charge >= 0.3 is 5.97 Å². The molecule has 5 heteroatoms. The molecule has 0 aliphatic heterocycles. The first-order valence-electron chi connectivity index (χ1n) is 7.16. The number of hydrogen-bond donors (Lipinski definition) is 2. The van der Waals surface area contributed by atoms with Crippen LogP contribution in [0.25, 0.3) is 0 Å². The third-order valence-electron chi connectivity index (χ3n) is 3.76. The predicted octanol–water partition coefficient (Wildman–Crippen LogP) is 2.03. The molecule has 0 spiro atoms. The van der Waals surface area contributed by atoms with Crippen LogP contribution in [0.4, 0.5) is 0 Å². The van der Waals surface area contributed by atoms with Crippen molar-refractivity contribution in [2.24, 2.45) is 5.92 Å². The van der Waals surface area contributed by atoms with E-state index in [9.17, 15) is 4.79 Å². The normalized spacial score (nSPS) is 23.4. The third kappa shape index (κ3) is 4.06. The molecule has 1 heterocycles. The van der Waals surface area contributed by atoms with Crippen LogP contribution in [0.3, 0.4) is 0 Å². The molecule has 1 fully saturated rings. The molecule has 106 valence electrons. The van der Waals surface area contributed by atoms with E-state index in [-0.39, 0.29) is 5.92 Å². The molecule has 0 amide bonds. The molecule has 0 bridgehead atoms. The van der Waals surface area contributed by atoms with E-state index < -0.39 is 5.97 Å². The fraction of sp³-hybridized carbons (Fsp3) is 0.714. The molecular weight excluding hydrogens is 242 g/mol. The number of hydrogen-bond acceptors (Lipinski definition) is 3. The smallest absolute Gasteiger partial charge is 0.306 e. The van der Waals surface area contributed by atoms with E-state index >= 15 is 0 Å². The molecule has 1 aliphatic rings. The van der Waals surface area contributed by atoms with Crippen molar-refractivity contribution in [3.63, 3.8) is 0 Å². The van der Waals surface area contributed by atoms with Crippen molar-refractivity contribution in [1.29, 1.82) is 0 Å². The molecule has 1 saturated carbocycles. The summed E-state index contributed by atoms with van der Waals surface area (Å²) in [5.41, 5.74) is 1.17. The van der Waals surface area contributed by atoms with Gasteiger partial charge in [-0.25, -0.2) is 0 Å². The van der Waals surface area contributed by atoms with Crippen molar-refractivity contribution in [3.05, 3.63) is 18.0 Å². The van der Waals surface area contributed by atoms with E-state index in [0.717, 1.165) is 45.2 Å². The molecular formula is C14H23N3O2. The van der Waals surface area contributed by atoms with Crippen LogP contribution in [0.15, 0.2) is 12.4 Å². The number of aryl methyl sites for hydroxylation is 1. The Morgan fingerprint density at radius 1 is 1.58 bits per heavy atom. The van der Waals surface area contributed by atoms with Crippen LogP contribution in [0.5, 0.6) is 0 Å². The summed E-state index contributed by atoms with van der Waals surface area (Å²) in [6, 6.07) is 0.323. The number of rotatable bonds is 6. The number of carboxylic acids is 1. The van der Waals surface area contributed by atoms with Gasteiger partial charge in [-0.3, -0.25) is 9.48 Å². The zero-order valence-corrected chi connectivity index (χ0v) is 11.5. The third-order valence-corrected chi connectivity index (χ3v) is 3.76. The summed E-state index contributed by atoms with van der Waals surface area (Å²) < 4.78 is 1.96. The molecule has 0 aromatic carbocycles. The summed E-state index contributed by atoms with van der Waals surface area (Å²) in [6.45, 7) is 3.86. The molecule has 0 saturated heterocycles. The van der Waals surface area contributed by atoms with Gasteiger partial charge in [0.25, 0.3) is 0 Å². The van der Waals surface area contributed by atoms with Crippen molar-refractivity contribution < 1.29 is 9.90 Å².